The van der Waals surface area contributed by atoms with E-state index >= 15 is 0 Å². The van der Waals surface area contributed by atoms with E-state index in [9.17, 15) is 18.0 Å². The van der Waals surface area contributed by atoms with Gasteiger partial charge < -0.3 is 14.8 Å². The molecule has 1 N–H and O–H groups in total. The maximum atomic E-state index is 12.9. The normalized spacial score (nSPS) is 12.4. The molecule has 140 valence electrons. The molecule has 2 aromatic rings. The van der Waals surface area contributed by atoms with Gasteiger partial charge in [0.1, 0.15) is 11.5 Å². The van der Waals surface area contributed by atoms with Gasteiger partial charge in [-0.2, -0.15) is 13.2 Å². The second-order valence-electron chi connectivity index (χ2n) is 5.32. The van der Waals surface area contributed by atoms with Crippen LogP contribution in [-0.4, -0.2) is 18.6 Å². The van der Waals surface area contributed by atoms with Gasteiger partial charge in [0, 0.05) is 0 Å². The smallest absolute Gasteiger partial charge is 0.416 e. The molecule has 4 nitrogen and oxygen atoms in total. The predicted molar refractivity (Wildman–Crippen MR) is 92.8 cm³/mol. The van der Waals surface area contributed by atoms with E-state index in [0.29, 0.717) is 10.8 Å². The summed E-state index contributed by atoms with van der Waals surface area (Å²) in [4.78, 5) is 12.3. The number of ether oxygens (including phenoxy) is 2. The molecule has 0 aliphatic heterocycles. The van der Waals surface area contributed by atoms with Crippen LogP contribution in [0.25, 0.3) is 0 Å². The first-order valence-corrected chi connectivity index (χ1v) is 8.16. The molecule has 0 aliphatic carbocycles. The highest BCUT2D eigenvalue weighted by molar-refractivity contribution is 6.32. The van der Waals surface area contributed by atoms with Gasteiger partial charge in [-0.25, -0.2) is 0 Å². The second kappa shape index (κ2) is 8.31. The summed E-state index contributed by atoms with van der Waals surface area (Å²) in [6, 6.07) is 9.46. The largest absolute Gasteiger partial charge is 0.492 e. The van der Waals surface area contributed by atoms with Gasteiger partial charge >= 0.3 is 6.18 Å². The molecule has 26 heavy (non-hydrogen) atoms. The van der Waals surface area contributed by atoms with Crippen molar-refractivity contribution in [3.05, 3.63) is 53.1 Å². The van der Waals surface area contributed by atoms with Gasteiger partial charge in [0.25, 0.3) is 5.91 Å². The Balaban J connectivity index is 2.19. The molecule has 0 spiro atoms. The molecular weight excluding hydrogens is 371 g/mol. The molecule has 1 unspecified atom stereocenters. The zero-order valence-corrected chi connectivity index (χ0v) is 14.8. The first-order chi connectivity index (χ1) is 12.2. The van der Waals surface area contributed by atoms with E-state index in [-0.39, 0.29) is 18.0 Å². The number of hydrogen-bond acceptors (Lipinski definition) is 3. The fourth-order valence-corrected chi connectivity index (χ4v) is 2.28. The highest BCUT2D eigenvalue weighted by Crippen LogP contribution is 2.35. The highest BCUT2D eigenvalue weighted by Gasteiger charge is 2.31. The standard InChI is InChI=1S/C18H17ClF3NO3/c1-3-25-16-9-8-12(18(20,21)22)10-14(16)23-17(24)11(2)26-15-7-5-4-6-13(15)19/h4-11H,3H2,1-2H3,(H,23,24). The van der Waals surface area contributed by atoms with Crippen molar-refractivity contribution in [1.82, 2.24) is 0 Å². The van der Waals surface area contributed by atoms with Gasteiger partial charge in [-0.1, -0.05) is 23.7 Å². The summed E-state index contributed by atoms with van der Waals surface area (Å²) in [6.07, 6.45) is -5.52. The Hall–Kier alpha value is -2.41. The van der Waals surface area contributed by atoms with Crippen molar-refractivity contribution >= 4 is 23.2 Å². The maximum Gasteiger partial charge on any atom is 0.416 e. The molecule has 0 saturated heterocycles. The topological polar surface area (TPSA) is 47.6 Å². The molecule has 0 aliphatic rings. The average Bonchev–Trinajstić information content (AvgIpc) is 2.57. The van der Waals surface area contributed by atoms with Crippen LogP contribution in [0, 0.1) is 0 Å². The Morgan fingerprint density at radius 3 is 2.50 bits per heavy atom. The number of rotatable bonds is 6. The Labute approximate surface area is 153 Å². The van der Waals surface area contributed by atoms with Crippen molar-refractivity contribution in [3.63, 3.8) is 0 Å². The van der Waals surface area contributed by atoms with Crippen molar-refractivity contribution in [2.24, 2.45) is 0 Å². The summed E-state index contributed by atoms with van der Waals surface area (Å²) >= 11 is 5.97. The van der Waals surface area contributed by atoms with Crippen molar-refractivity contribution < 1.29 is 27.4 Å². The lowest BCUT2D eigenvalue weighted by molar-refractivity contribution is -0.137. The zero-order chi connectivity index (χ0) is 19.3. The van der Waals surface area contributed by atoms with Crippen LogP contribution in [0.5, 0.6) is 11.5 Å². The van der Waals surface area contributed by atoms with Gasteiger partial charge in [-0.15, -0.1) is 0 Å². The fourth-order valence-electron chi connectivity index (χ4n) is 2.10. The molecule has 2 aromatic carbocycles. The molecule has 8 heteroatoms. The predicted octanol–water partition coefficient (Wildman–Crippen LogP) is 5.16. The number of amides is 1. The molecule has 0 aromatic heterocycles. The Morgan fingerprint density at radius 2 is 1.88 bits per heavy atom. The number of para-hydroxylation sites is 1. The summed E-state index contributed by atoms with van der Waals surface area (Å²) in [5.41, 5.74) is -0.975. The number of alkyl halides is 3. The van der Waals surface area contributed by atoms with Crippen molar-refractivity contribution in [3.8, 4) is 11.5 Å². The van der Waals surface area contributed by atoms with Crippen LogP contribution < -0.4 is 14.8 Å². The quantitative estimate of drug-likeness (QED) is 0.744. The van der Waals surface area contributed by atoms with Gasteiger partial charge in [-0.05, 0) is 44.2 Å². The van der Waals surface area contributed by atoms with Gasteiger partial charge in [-0.3, -0.25) is 4.79 Å². The van der Waals surface area contributed by atoms with Crippen LogP contribution in [0.2, 0.25) is 5.02 Å². The molecule has 2 rings (SSSR count). The van der Waals surface area contributed by atoms with E-state index in [2.05, 4.69) is 5.32 Å². The summed E-state index contributed by atoms with van der Waals surface area (Å²) in [5.74, 6) is -0.199. The van der Waals surface area contributed by atoms with Crippen molar-refractivity contribution in [1.29, 1.82) is 0 Å². The van der Waals surface area contributed by atoms with E-state index in [1.54, 1.807) is 31.2 Å². The summed E-state index contributed by atoms with van der Waals surface area (Å²) < 4.78 is 49.5. The lowest BCUT2D eigenvalue weighted by Crippen LogP contribution is -2.30. The Morgan fingerprint density at radius 1 is 1.19 bits per heavy atom. The summed E-state index contributed by atoms with van der Waals surface area (Å²) in [6.45, 7) is 3.39. The van der Waals surface area contributed by atoms with E-state index in [1.165, 1.54) is 13.0 Å². The molecular formula is C18H17ClF3NO3. The maximum absolute atomic E-state index is 12.9. The van der Waals surface area contributed by atoms with Crippen LogP contribution in [-0.2, 0) is 11.0 Å². The van der Waals surface area contributed by atoms with Crippen LogP contribution in [0.15, 0.2) is 42.5 Å². The van der Waals surface area contributed by atoms with Crippen molar-refractivity contribution in [2.45, 2.75) is 26.1 Å². The Bertz CT molecular complexity index is 781. The zero-order valence-electron chi connectivity index (χ0n) is 14.1. The van der Waals surface area contributed by atoms with E-state index in [1.807, 2.05) is 0 Å². The molecule has 0 radical (unpaired) electrons. The summed E-state index contributed by atoms with van der Waals surface area (Å²) in [7, 11) is 0. The molecule has 0 fully saturated rings. The van der Waals surface area contributed by atoms with Crippen LogP contribution >= 0.6 is 11.6 Å². The number of carbonyl (C=O) groups is 1. The van der Waals surface area contributed by atoms with Gasteiger partial charge in [0.2, 0.25) is 0 Å². The molecule has 0 heterocycles. The third-order valence-corrected chi connectivity index (χ3v) is 3.69. The third-order valence-electron chi connectivity index (χ3n) is 3.37. The SMILES string of the molecule is CCOc1ccc(C(F)(F)F)cc1NC(=O)C(C)Oc1ccccc1Cl. The number of benzene rings is 2. The first kappa shape index (κ1) is 19.9. The summed E-state index contributed by atoms with van der Waals surface area (Å²) in [5, 5.41) is 2.74. The van der Waals surface area contributed by atoms with Gasteiger partial charge in [0.15, 0.2) is 6.10 Å². The number of carbonyl (C=O) groups excluding carboxylic acids is 1. The van der Waals surface area contributed by atoms with E-state index in [0.717, 1.165) is 12.1 Å². The number of hydrogen-bond donors (Lipinski definition) is 1. The molecule has 1 atom stereocenters. The van der Waals surface area contributed by atoms with Gasteiger partial charge in [0.05, 0.1) is 22.9 Å². The minimum atomic E-state index is -4.54. The van der Waals surface area contributed by atoms with E-state index in [4.69, 9.17) is 21.1 Å². The van der Waals surface area contributed by atoms with Crippen LogP contribution in [0.3, 0.4) is 0 Å². The minimum absolute atomic E-state index is 0.0821. The van der Waals surface area contributed by atoms with Crippen LogP contribution in [0.4, 0.5) is 18.9 Å². The average molecular weight is 388 g/mol. The fraction of sp³-hybridized carbons (Fsp3) is 0.278. The minimum Gasteiger partial charge on any atom is -0.492 e. The highest BCUT2D eigenvalue weighted by atomic mass is 35.5. The van der Waals surface area contributed by atoms with E-state index < -0.39 is 23.8 Å². The lowest BCUT2D eigenvalue weighted by atomic mass is 10.1. The first-order valence-electron chi connectivity index (χ1n) is 7.78. The van der Waals surface area contributed by atoms with Crippen LogP contribution in [0.1, 0.15) is 19.4 Å². The Kier molecular flexibility index (Phi) is 6.37. The second-order valence-corrected chi connectivity index (χ2v) is 5.73. The monoisotopic (exact) mass is 387 g/mol. The third kappa shape index (κ3) is 5.05. The molecule has 0 bridgehead atoms. The number of halogens is 4. The number of nitrogens with one attached hydrogen (secondary N) is 1. The number of anilines is 1. The molecule has 1 amide bonds. The lowest BCUT2D eigenvalue weighted by Gasteiger charge is -2.18. The van der Waals surface area contributed by atoms with Crippen molar-refractivity contribution in [2.75, 3.05) is 11.9 Å². The molecule has 0 saturated carbocycles.